The lowest BCUT2D eigenvalue weighted by molar-refractivity contribution is -0.0931. The number of aliphatic hydroxyl groups excluding tert-OH is 1. The molecular weight excluding hydrogens is 907 g/mol. The summed E-state index contributed by atoms with van der Waals surface area (Å²) >= 11 is 0. The summed E-state index contributed by atoms with van der Waals surface area (Å²) in [5, 5.41) is 15.1. The molecule has 0 spiro atoms. The molecule has 2 N–H and O–H groups in total. The fraction of sp³-hybridized carbons (Fsp3) is 0.203. The van der Waals surface area contributed by atoms with Gasteiger partial charge in [0.2, 0.25) is 0 Å². The van der Waals surface area contributed by atoms with Crippen LogP contribution < -0.4 is 24.3 Å². The van der Waals surface area contributed by atoms with Gasteiger partial charge in [0, 0.05) is 12.1 Å². The molecule has 0 bridgehead atoms. The Morgan fingerprint density at radius 3 is 1.51 bits per heavy atom. The Bertz CT molecular complexity index is 3100. The quantitative estimate of drug-likeness (QED) is 0.0746. The predicted octanol–water partition coefficient (Wildman–Crippen LogP) is 10.8. The first-order chi connectivity index (χ1) is 35.3. The van der Waals surface area contributed by atoms with Gasteiger partial charge in [-0.3, -0.25) is 4.57 Å². The molecular formula is C59H55N5O8. The van der Waals surface area contributed by atoms with Gasteiger partial charge in [-0.05, 0) is 99.6 Å². The Morgan fingerprint density at radius 2 is 1.03 bits per heavy atom. The van der Waals surface area contributed by atoms with E-state index in [4.69, 9.17) is 38.1 Å². The second-order valence-electron chi connectivity index (χ2n) is 17.4. The molecule has 364 valence electrons. The highest BCUT2D eigenvalue weighted by Gasteiger charge is 2.43. The molecule has 7 aromatic carbocycles. The minimum absolute atomic E-state index is 0.0613. The van der Waals surface area contributed by atoms with E-state index < -0.39 is 29.6 Å². The van der Waals surface area contributed by atoms with Gasteiger partial charge >= 0.3 is 0 Å². The third-order valence-electron chi connectivity index (χ3n) is 13.3. The Morgan fingerprint density at radius 1 is 0.556 bits per heavy atom. The summed E-state index contributed by atoms with van der Waals surface area (Å²) in [6, 6.07) is 60.0. The summed E-state index contributed by atoms with van der Waals surface area (Å²) in [5.74, 6) is 3.45. The van der Waals surface area contributed by atoms with Crippen LogP contribution in [0.4, 0.5) is 11.5 Å². The molecule has 0 amide bonds. The van der Waals surface area contributed by atoms with Crippen molar-refractivity contribution in [1.29, 1.82) is 0 Å². The summed E-state index contributed by atoms with van der Waals surface area (Å²) in [4.78, 5) is 14.1. The number of anilines is 2. The van der Waals surface area contributed by atoms with E-state index >= 15 is 0 Å². The van der Waals surface area contributed by atoms with E-state index in [-0.39, 0.29) is 19.6 Å². The number of methoxy groups -OCH3 is 4. The van der Waals surface area contributed by atoms with Crippen molar-refractivity contribution in [2.45, 2.75) is 42.7 Å². The fourth-order valence-electron chi connectivity index (χ4n) is 9.61. The molecule has 0 radical (unpaired) electrons. The van der Waals surface area contributed by atoms with Gasteiger partial charge in [0.05, 0.1) is 54.1 Å². The van der Waals surface area contributed by atoms with Gasteiger partial charge in [0.1, 0.15) is 52.9 Å². The summed E-state index contributed by atoms with van der Waals surface area (Å²) in [7, 11) is 6.60. The van der Waals surface area contributed by atoms with Gasteiger partial charge in [0.15, 0.2) is 17.0 Å². The zero-order valence-electron chi connectivity index (χ0n) is 40.4. The van der Waals surface area contributed by atoms with Gasteiger partial charge in [-0.1, -0.05) is 121 Å². The molecule has 13 heteroatoms. The number of nitrogens with one attached hydrogen (secondary N) is 1. The number of aromatic nitrogens is 4. The Balaban J connectivity index is 0.897. The Kier molecular flexibility index (Phi) is 14.0. The molecule has 3 atom stereocenters. The van der Waals surface area contributed by atoms with Gasteiger partial charge in [-0.15, -0.1) is 0 Å². The van der Waals surface area contributed by atoms with E-state index in [1.165, 1.54) is 6.33 Å². The van der Waals surface area contributed by atoms with E-state index in [1.54, 1.807) is 34.8 Å². The molecule has 0 saturated carbocycles. The molecule has 9 aromatic rings. The van der Waals surface area contributed by atoms with E-state index in [0.717, 1.165) is 67.6 Å². The Hall–Kier alpha value is -8.07. The van der Waals surface area contributed by atoms with Gasteiger partial charge in [-0.2, -0.15) is 0 Å². The zero-order valence-corrected chi connectivity index (χ0v) is 40.4. The van der Waals surface area contributed by atoms with E-state index in [2.05, 4.69) is 27.4 Å². The Labute approximate surface area is 418 Å². The van der Waals surface area contributed by atoms with Crippen molar-refractivity contribution in [2.24, 2.45) is 0 Å². The largest absolute Gasteiger partial charge is 0.497 e. The van der Waals surface area contributed by atoms with Crippen LogP contribution in [0, 0.1) is 0 Å². The van der Waals surface area contributed by atoms with E-state index in [1.807, 2.05) is 174 Å². The van der Waals surface area contributed by atoms with Crippen molar-refractivity contribution in [2.75, 3.05) is 40.4 Å². The lowest BCUT2D eigenvalue weighted by Gasteiger charge is -2.37. The lowest BCUT2D eigenvalue weighted by atomic mass is 9.80. The number of imidazole rings is 1. The van der Waals surface area contributed by atoms with Gasteiger partial charge in [0.25, 0.3) is 0 Å². The highest BCUT2D eigenvalue weighted by Crippen LogP contribution is 2.45. The summed E-state index contributed by atoms with van der Waals surface area (Å²) < 4.78 is 44.9. The van der Waals surface area contributed by atoms with Crippen LogP contribution in [-0.2, 0) is 32.0 Å². The molecule has 10 rings (SSSR count). The summed E-state index contributed by atoms with van der Waals surface area (Å²) in [5.41, 5.74) is 6.22. The number of hydrogen-bond acceptors (Lipinski definition) is 12. The van der Waals surface area contributed by atoms with E-state index in [0.29, 0.717) is 17.0 Å². The highest BCUT2D eigenvalue weighted by molar-refractivity contribution is 5.85. The molecule has 0 unspecified atom stereocenters. The smallest absolute Gasteiger partial charge is 0.167 e. The van der Waals surface area contributed by atoms with Crippen molar-refractivity contribution in [3.05, 3.63) is 234 Å². The van der Waals surface area contributed by atoms with Crippen molar-refractivity contribution in [3.8, 4) is 23.0 Å². The number of hydrogen-bond donors (Lipinski definition) is 2. The number of nitrogens with zero attached hydrogens (tertiary/aromatic N) is 4. The molecule has 3 heterocycles. The number of aliphatic hydroxyl groups is 1. The molecule has 1 aliphatic rings. The van der Waals surface area contributed by atoms with Gasteiger partial charge < -0.3 is 43.6 Å². The molecule has 1 aliphatic heterocycles. The molecule has 0 aliphatic carbocycles. The van der Waals surface area contributed by atoms with Crippen molar-refractivity contribution in [3.63, 3.8) is 0 Å². The van der Waals surface area contributed by atoms with E-state index in [9.17, 15) is 5.11 Å². The topological polar surface area (TPSA) is 140 Å². The number of rotatable bonds is 19. The van der Waals surface area contributed by atoms with Crippen LogP contribution >= 0.6 is 0 Å². The second-order valence-corrected chi connectivity index (χ2v) is 17.4. The van der Waals surface area contributed by atoms with Crippen molar-refractivity contribution < 1.29 is 38.3 Å². The number of fused-ring (bicyclic) bond motifs is 1. The molecule has 2 aromatic heterocycles. The molecule has 72 heavy (non-hydrogen) atoms. The summed E-state index contributed by atoms with van der Waals surface area (Å²) in [6.07, 6.45) is 1.34. The minimum atomic E-state index is -1.09. The van der Waals surface area contributed by atoms with Crippen LogP contribution in [-0.4, -0.2) is 71.9 Å². The van der Waals surface area contributed by atoms with Crippen LogP contribution in [0.15, 0.2) is 195 Å². The molecule has 1 fully saturated rings. The average molecular weight is 962 g/mol. The minimum Gasteiger partial charge on any atom is -0.497 e. The molecule has 13 nitrogen and oxygen atoms in total. The number of benzene rings is 7. The first-order valence-electron chi connectivity index (χ1n) is 23.7. The highest BCUT2D eigenvalue weighted by atomic mass is 16.6. The summed E-state index contributed by atoms with van der Waals surface area (Å²) in [6.45, 7) is 0.320. The fourth-order valence-corrected chi connectivity index (χ4v) is 9.61. The molecule has 1 saturated heterocycles. The van der Waals surface area contributed by atoms with Crippen LogP contribution in [0.5, 0.6) is 23.0 Å². The van der Waals surface area contributed by atoms with Crippen LogP contribution in [0.2, 0.25) is 0 Å². The second kappa shape index (κ2) is 21.1. The maximum absolute atomic E-state index is 11.6. The first kappa shape index (κ1) is 47.6. The van der Waals surface area contributed by atoms with Crippen LogP contribution in [0.25, 0.3) is 11.2 Å². The first-order valence-corrected chi connectivity index (χ1v) is 23.7. The average Bonchev–Trinajstić information content (AvgIpc) is 4.06. The predicted molar refractivity (Wildman–Crippen MR) is 275 cm³/mol. The number of ether oxygens (including phenoxy) is 7. The van der Waals surface area contributed by atoms with Crippen molar-refractivity contribution in [1.82, 2.24) is 19.5 Å². The SMILES string of the molecule is COc1ccc(C(OCc2cccc(Nc3ncnc4c3ncn4[C@H]3C[C@H](O)[C@@H](COC(c4ccccc4)(c4ccc(OC)cc4)c4ccc(OC)cc4)O3)c2)(c2ccccc2)c2ccc(OC)cc2)cc1. The van der Waals surface area contributed by atoms with Gasteiger partial charge in [-0.25, -0.2) is 15.0 Å². The maximum atomic E-state index is 11.6. The third-order valence-corrected chi connectivity index (χ3v) is 13.3. The third kappa shape index (κ3) is 9.34. The maximum Gasteiger partial charge on any atom is 0.167 e. The van der Waals surface area contributed by atoms with Crippen molar-refractivity contribution >= 4 is 22.7 Å². The van der Waals surface area contributed by atoms with Crippen LogP contribution in [0.1, 0.15) is 51.6 Å². The standard InChI is InChI=1S/C59H55N5O8/c1-66-48-26-18-43(19-27-48)58(41-13-7-5-8-14-41,44-20-28-49(67-2)29-21-44)70-36-40-12-11-17-47(34-40)63-56-55-57(61-38-60-56)64(39-62-55)54-35-52(65)53(72-54)37-71-59(42-15-9-6-10-16-42,45-22-30-50(68-3)31-23-45)46-24-32-51(69-4)33-25-46/h5-34,38-39,52-54,65H,35-37H2,1-4H3,(H,60,61,63)/t52-,53+,54+/m0/s1. The van der Waals surface area contributed by atoms with Crippen LogP contribution in [0.3, 0.4) is 0 Å². The normalized spacial score (nSPS) is 15.8. The lowest BCUT2D eigenvalue weighted by Crippen LogP contribution is -2.38. The monoisotopic (exact) mass is 961 g/mol. The zero-order chi connectivity index (χ0) is 49.5.